The highest BCUT2D eigenvalue weighted by Crippen LogP contribution is 2.14. The molecule has 0 spiro atoms. The summed E-state index contributed by atoms with van der Waals surface area (Å²) < 4.78 is 10.3. The molecule has 0 fully saturated rings. The summed E-state index contributed by atoms with van der Waals surface area (Å²) in [6.45, 7) is 6.16. The second-order valence-corrected chi connectivity index (χ2v) is 5.19. The molecule has 4 heteroatoms. The van der Waals surface area contributed by atoms with Crippen LogP contribution in [-0.4, -0.2) is 25.0 Å². The number of hydrogen-bond acceptors (Lipinski definition) is 4. The molecule has 0 amide bonds. The van der Waals surface area contributed by atoms with Crippen molar-refractivity contribution in [3.05, 3.63) is 29.8 Å². The summed E-state index contributed by atoms with van der Waals surface area (Å²) in [5.41, 5.74) is 1.28. The molecule has 0 aliphatic heterocycles. The number of hydrogen-bond donors (Lipinski definition) is 0. The Balaban J connectivity index is 2.25. The molecule has 20 heavy (non-hydrogen) atoms. The molecule has 4 nitrogen and oxygen atoms in total. The molecular weight excluding hydrogens is 256 g/mol. The van der Waals surface area contributed by atoms with Gasteiger partial charge in [0.1, 0.15) is 31.2 Å². The molecule has 0 bridgehead atoms. The molecule has 1 rings (SSSR count). The van der Waals surface area contributed by atoms with Crippen LogP contribution in [0, 0.1) is 5.92 Å². The molecule has 0 aromatic heterocycles. The lowest BCUT2D eigenvalue weighted by atomic mass is 10.0. The third kappa shape index (κ3) is 6.92. The first kappa shape index (κ1) is 16.2. The van der Waals surface area contributed by atoms with Gasteiger partial charge in [-0.2, -0.15) is 0 Å². The maximum Gasteiger partial charge on any atom is 0.313 e. The number of esters is 1. The summed E-state index contributed by atoms with van der Waals surface area (Å²) >= 11 is 0. The summed E-state index contributed by atoms with van der Waals surface area (Å²) in [6, 6.07) is 7.90. The van der Waals surface area contributed by atoms with E-state index < -0.39 is 5.97 Å². The lowest BCUT2D eigenvalue weighted by molar-refractivity contribution is -0.146. The molecule has 0 atom stereocenters. The summed E-state index contributed by atoms with van der Waals surface area (Å²) in [4.78, 5) is 21.8. The second kappa shape index (κ2) is 8.35. The Labute approximate surface area is 120 Å². The van der Waals surface area contributed by atoms with Crippen LogP contribution >= 0.6 is 0 Å². The predicted octanol–water partition coefficient (Wildman–Crippen LogP) is 2.79. The maximum atomic E-state index is 11.1. The van der Waals surface area contributed by atoms with Gasteiger partial charge in [-0.05, 0) is 37.0 Å². The zero-order valence-corrected chi connectivity index (χ0v) is 12.3. The van der Waals surface area contributed by atoms with Crippen molar-refractivity contribution in [2.45, 2.75) is 33.6 Å². The molecule has 0 unspecified atom stereocenters. The first-order valence-electron chi connectivity index (χ1n) is 6.84. The Hall–Kier alpha value is -1.84. The zero-order chi connectivity index (χ0) is 15.0. The normalized spacial score (nSPS) is 10.4. The number of carbonyl (C=O) groups is 2. The van der Waals surface area contributed by atoms with E-state index in [9.17, 15) is 9.59 Å². The average Bonchev–Trinajstić information content (AvgIpc) is 2.35. The van der Waals surface area contributed by atoms with Gasteiger partial charge in [-0.15, -0.1) is 0 Å². The van der Waals surface area contributed by atoms with E-state index in [0.29, 0.717) is 5.92 Å². The molecule has 1 aromatic rings. The lowest BCUT2D eigenvalue weighted by Gasteiger charge is -2.09. The van der Waals surface area contributed by atoms with Gasteiger partial charge in [0, 0.05) is 0 Å². The van der Waals surface area contributed by atoms with Gasteiger partial charge in [0.05, 0.1) is 0 Å². The highest BCUT2D eigenvalue weighted by atomic mass is 16.6. The summed E-state index contributed by atoms with van der Waals surface area (Å²) in [5.74, 6) is 0.674. The van der Waals surface area contributed by atoms with Crippen LogP contribution < -0.4 is 4.74 Å². The standard InChI is InChI=1S/C16H22O4/c1-12(2)10-14-4-6-15(7-5-14)19-8-9-20-16(18)11-13(3)17/h4-7,12H,8-11H2,1-3H3. The molecule has 110 valence electrons. The van der Waals surface area contributed by atoms with E-state index in [0.717, 1.165) is 12.2 Å². The van der Waals surface area contributed by atoms with Gasteiger partial charge in [0.15, 0.2) is 0 Å². The van der Waals surface area contributed by atoms with Crippen molar-refractivity contribution >= 4 is 11.8 Å². The monoisotopic (exact) mass is 278 g/mol. The third-order valence-electron chi connectivity index (χ3n) is 2.58. The zero-order valence-electron chi connectivity index (χ0n) is 12.3. The largest absolute Gasteiger partial charge is 0.490 e. The fraction of sp³-hybridized carbons (Fsp3) is 0.500. The first-order chi connectivity index (χ1) is 9.47. The van der Waals surface area contributed by atoms with Crippen molar-refractivity contribution in [1.82, 2.24) is 0 Å². The molecule has 1 aromatic carbocycles. The fourth-order valence-electron chi connectivity index (χ4n) is 1.76. The van der Waals surface area contributed by atoms with Crippen LogP contribution in [-0.2, 0) is 20.7 Å². The minimum absolute atomic E-state index is 0.153. The maximum absolute atomic E-state index is 11.1. The number of benzene rings is 1. The van der Waals surface area contributed by atoms with E-state index in [1.165, 1.54) is 12.5 Å². The Morgan fingerprint density at radius 3 is 2.30 bits per heavy atom. The van der Waals surface area contributed by atoms with Crippen molar-refractivity contribution in [2.75, 3.05) is 13.2 Å². The van der Waals surface area contributed by atoms with Crippen LogP contribution in [0.1, 0.15) is 32.8 Å². The van der Waals surface area contributed by atoms with Crippen LogP contribution in [0.4, 0.5) is 0 Å². The van der Waals surface area contributed by atoms with Crippen LogP contribution in [0.25, 0.3) is 0 Å². The van der Waals surface area contributed by atoms with E-state index in [4.69, 9.17) is 9.47 Å². The number of carbonyl (C=O) groups excluding carboxylic acids is 2. The van der Waals surface area contributed by atoms with Crippen molar-refractivity contribution in [3.63, 3.8) is 0 Å². The Morgan fingerprint density at radius 1 is 1.10 bits per heavy atom. The van der Waals surface area contributed by atoms with Crippen molar-refractivity contribution in [3.8, 4) is 5.75 Å². The molecule has 0 aliphatic rings. The van der Waals surface area contributed by atoms with Crippen molar-refractivity contribution in [2.24, 2.45) is 5.92 Å². The van der Waals surface area contributed by atoms with Gasteiger partial charge in [0.2, 0.25) is 0 Å². The summed E-state index contributed by atoms with van der Waals surface area (Å²) in [6.07, 6.45) is 0.868. The fourth-order valence-corrected chi connectivity index (χ4v) is 1.76. The molecule has 0 N–H and O–H groups in total. The molecule has 0 radical (unpaired) electrons. The van der Waals surface area contributed by atoms with Gasteiger partial charge in [-0.25, -0.2) is 0 Å². The lowest BCUT2D eigenvalue weighted by Crippen LogP contribution is -2.14. The SMILES string of the molecule is CC(=O)CC(=O)OCCOc1ccc(CC(C)C)cc1. The number of ketones is 1. The van der Waals surface area contributed by atoms with E-state index in [1.54, 1.807) is 0 Å². The molecule has 0 heterocycles. The minimum atomic E-state index is -0.506. The number of Topliss-reactive ketones (excluding diaryl/α,β-unsaturated/α-hetero) is 1. The highest BCUT2D eigenvalue weighted by molar-refractivity contribution is 5.94. The highest BCUT2D eigenvalue weighted by Gasteiger charge is 2.06. The van der Waals surface area contributed by atoms with E-state index in [2.05, 4.69) is 13.8 Å². The van der Waals surface area contributed by atoms with E-state index >= 15 is 0 Å². The summed E-state index contributed by atoms with van der Waals surface area (Å²) in [5, 5.41) is 0. The topological polar surface area (TPSA) is 52.6 Å². The predicted molar refractivity (Wildman–Crippen MR) is 76.7 cm³/mol. The second-order valence-electron chi connectivity index (χ2n) is 5.19. The number of ether oxygens (including phenoxy) is 2. The molecule has 0 saturated carbocycles. The van der Waals surface area contributed by atoms with Gasteiger partial charge in [0.25, 0.3) is 0 Å². The van der Waals surface area contributed by atoms with Gasteiger partial charge in [-0.1, -0.05) is 26.0 Å². The Kier molecular flexibility index (Phi) is 6.77. The van der Waals surface area contributed by atoms with Crippen molar-refractivity contribution in [1.29, 1.82) is 0 Å². The third-order valence-corrected chi connectivity index (χ3v) is 2.58. The first-order valence-corrected chi connectivity index (χ1v) is 6.84. The molecule has 0 saturated heterocycles. The van der Waals surface area contributed by atoms with Gasteiger partial charge in [-0.3, -0.25) is 9.59 Å². The number of rotatable bonds is 8. The van der Waals surface area contributed by atoms with Crippen LogP contribution in [0.15, 0.2) is 24.3 Å². The van der Waals surface area contributed by atoms with Crippen LogP contribution in [0.3, 0.4) is 0 Å². The van der Waals surface area contributed by atoms with Gasteiger partial charge >= 0.3 is 5.97 Å². The molecular formula is C16H22O4. The van der Waals surface area contributed by atoms with Crippen molar-refractivity contribution < 1.29 is 19.1 Å². The van der Waals surface area contributed by atoms with E-state index in [1.807, 2.05) is 24.3 Å². The quantitative estimate of drug-likeness (QED) is 0.417. The summed E-state index contributed by atoms with van der Waals surface area (Å²) in [7, 11) is 0. The van der Waals surface area contributed by atoms with Crippen LogP contribution in [0.5, 0.6) is 5.75 Å². The Morgan fingerprint density at radius 2 is 1.75 bits per heavy atom. The average molecular weight is 278 g/mol. The van der Waals surface area contributed by atoms with Gasteiger partial charge < -0.3 is 9.47 Å². The van der Waals surface area contributed by atoms with Crippen LogP contribution in [0.2, 0.25) is 0 Å². The smallest absolute Gasteiger partial charge is 0.313 e. The van der Waals surface area contributed by atoms with E-state index in [-0.39, 0.29) is 25.4 Å². The minimum Gasteiger partial charge on any atom is -0.490 e. The Bertz CT molecular complexity index is 434. The molecule has 0 aliphatic carbocycles.